The SMILES string of the molecule is CC(C)N(CCCC(=O)O)C1CCOC2(CCSC2)C1. The molecule has 1 N–H and O–H groups in total. The van der Waals surface area contributed by atoms with Gasteiger partial charge in [-0.25, -0.2) is 0 Å². The maximum Gasteiger partial charge on any atom is 0.303 e. The van der Waals surface area contributed by atoms with Gasteiger partial charge in [-0.1, -0.05) is 0 Å². The smallest absolute Gasteiger partial charge is 0.303 e. The highest BCUT2D eigenvalue weighted by molar-refractivity contribution is 7.99. The summed E-state index contributed by atoms with van der Waals surface area (Å²) in [5, 5.41) is 8.80. The van der Waals surface area contributed by atoms with Gasteiger partial charge in [-0.15, -0.1) is 0 Å². The first-order valence-electron chi connectivity index (χ1n) is 7.72. The molecule has 0 amide bonds. The van der Waals surface area contributed by atoms with Gasteiger partial charge in [0.1, 0.15) is 0 Å². The van der Waals surface area contributed by atoms with E-state index in [-0.39, 0.29) is 12.0 Å². The molecule has 2 unspecified atom stereocenters. The zero-order chi connectivity index (χ0) is 14.6. The van der Waals surface area contributed by atoms with Gasteiger partial charge in [-0.3, -0.25) is 9.69 Å². The molecule has 0 radical (unpaired) electrons. The van der Waals surface area contributed by atoms with E-state index >= 15 is 0 Å². The summed E-state index contributed by atoms with van der Waals surface area (Å²) in [6.45, 7) is 6.17. The molecular weight excluding hydrogens is 274 g/mol. The predicted octanol–water partition coefficient (Wildman–Crippen LogP) is 2.62. The zero-order valence-electron chi connectivity index (χ0n) is 12.6. The number of aliphatic carboxylic acids is 1. The fourth-order valence-electron chi connectivity index (χ4n) is 3.42. The first-order valence-corrected chi connectivity index (χ1v) is 8.87. The van der Waals surface area contributed by atoms with Crippen molar-refractivity contribution in [2.75, 3.05) is 24.7 Å². The molecule has 2 saturated heterocycles. The van der Waals surface area contributed by atoms with Gasteiger partial charge in [0.2, 0.25) is 0 Å². The van der Waals surface area contributed by atoms with E-state index in [0.717, 1.165) is 38.2 Å². The highest BCUT2D eigenvalue weighted by atomic mass is 32.2. The minimum absolute atomic E-state index is 0.105. The van der Waals surface area contributed by atoms with E-state index < -0.39 is 5.97 Å². The lowest BCUT2D eigenvalue weighted by Gasteiger charge is -2.44. The summed E-state index contributed by atoms with van der Waals surface area (Å²) in [5.41, 5.74) is 0.105. The Morgan fingerprint density at radius 3 is 2.95 bits per heavy atom. The number of carbonyl (C=O) groups is 1. The predicted molar refractivity (Wildman–Crippen MR) is 82.4 cm³/mol. The molecule has 5 heteroatoms. The number of hydrogen-bond donors (Lipinski definition) is 1. The average Bonchev–Trinajstić information content (AvgIpc) is 2.82. The largest absolute Gasteiger partial charge is 0.481 e. The molecule has 0 aromatic rings. The molecule has 1 spiro atoms. The number of carboxylic acid groups (broad SMARTS) is 1. The second-order valence-corrected chi connectivity index (χ2v) is 7.41. The Morgan fingerprint density at radius 2 is 2.35 bits per heavy atom. The van der Waals surface area contributed by atoms with E-state index in [4.69, 9.17) is 9.84 Å². The minimum Gasteiger partial charge on any atom is -0.481 e. The van der Waals surface area contributed by atoms with E-state index in [1.54, 1.807) is 0 Å². The fourth-order valence-corrected chi connectivity index (χ4v) is 4.80. The van der Waals surface area contributed by atoms with Crippen molar-refractivity contribution in [1.29, 1.82) is 0 Å². The highest BCUT2D eigenvalue weighted by Crippen LogP contribution is 2.39. The topological polar surface area (TPSA) is 49.8 Å². The van der Waals surface area contributed by atoms with Crippen molar-refractivity contribution < 1.29 is 14.6 Å². The Labute approximate surface area is 126 Å². The fraction of sp³-hybridized carbons (Fsp3) is 0.933. The van der Waals surface area contributed by atoms with Crippen LogP contribution in [0.5, 0.6) is 0 Å². The van der Waals surface area contributed by atoms with Crippen LogP contribution in [0.25, 0.3) is 0 Å². The second kappa shape index (κ2) is 7.14. The number of thioether (sulfide) groups is 1. The van der Waals surface area contributed by atoms with Crippen LogP contribution in [0.1, 0.15) is 46.0 Å². The van der Waals surface area contributed by atoms with Gasteiger partial charge in [0.25, 0.3) is 0 Å². The quantitative estimate of drug-likeness (QED) is 0.817. The molecule has 2 atom stereocenters. The van der Waals surface area contributed by atoms with Crippen molar-refractivity contribution in [3.8, 4) is 0 Å². The van der Waals surface area contributed by atoms with E-state index in [1.165, 1.54) is 12.2 Å². The second-order valence-electron chi connectivity index (χ2n) is 6.31. The molecule has 2 fully saturated rings. The third kappa shape index (κ3) is 4.12. The van der Waals surface area contributed by atoms with Crippen molar-refractivity contribution in [3.05, 3.63) is 0 Å². The van der Waals surface area contributed by atoms with Crippen LogP contribution in [-0.4, -0.2) is 58.3 Å². The van der Waals surface area contributed by atoms with E-state index in [0.29, 0.717) is 12.1 Å². The Morgan fingerprint density at radius 1 is 1.55 bits per heavy atom. The van der Waals surface area contributed by atoms with E-state index in [1.807, 2.05) is 11.8 Å². The molecule has 20 heavy (non-hydrogen) atoms. The molecule has 2 heterocycles. The van der Waals surface area contributed by atoms with Crippen LogP contribution in [0.4, 0.5) is 0 Å². The molecule has 0 aromatic carbocycles. The van der Waals surface area contributed by atoms with Gasteiger partial charge in [-0.05, 0) is 51.8 Å². The van der Waals surface area contributed by atoms with Gasteiger partial charge in [0, 0.05) is 30.9 Å². The molecule has 116 valence electrons. The minimum atomic E-state index is -0.690. The molecule has 2 rings (SSSR count). The molecule has 0 aliphatic carbocycles. The highest BCUT2D eigenvalue weighted by Gasteiger charge is 2.42. The molecular formula is C15H27NO3S. The molecule has 0 aromatic heterocycles. The average molecular weight is 301 g/mol. The van der Waals surface area contributed by atoms with Crippen LogP contribution in [0.15, 0.2) is 0 Å². The van der Waals surface area contributed by atoms with Crippen LogP contribution >= 0.6 is 11.8 Å². The number of rotatable bonds is 6. The third-order valence-corrected chi connectivity index (χ3v) is 5.70. The normalized spacial score (nSPS) is 30.5. The van der Waals surface area contributed by atoms with Crippen LogP contribution < -0.4 is 0 Å². The molecule has 4 nitrogen and oxygen atoms in total. The van der Waals surface area contributed by atoms with Crippen molar-refractivity contribution in [2.45, 2.75) is 63.6 Å². The molecule has 0 saturated carbocycles. The standard InChI is InChI=1S/C15H27NO3S/c1-12(2)16(7-3-4-14(17)18)13-5-8-19-15(10-13)6-9-20-11-15/h12-13H,3-11H2,1-2H3,(H,17,18). The van der Waals surface area contributed by atoms with Crippen molar-refractivity contribution in [2.24, 2.45) is 0 Å². The van der Waals surface area contributed by atoms with Crippen molar-refractivity contribution >= 4 is 17.7 Å². The van der Waals surface area contributed by atoms with Crippen molar-refractivity contribution in [1.82, 2.24) is 4.90 Å². The van der Waals surface area contributed by atoms with Crippen molar-refractivity contribution in [3.63, 3.8) is 0 Å². The number of nitrogens with zero attached hydrogens (tertiary/aromatic N) is 1. The third-order valence-electron chi connectivity index (χ3n) is 4.47. The molecule has 0 bridgehead atoms. The lowest BCUT2D eigenvalue weighted by molar-refractivity contribution is -0.137. The Balaban J connectivity index is 1.92. The van der Waals surface area contributed by atoms with Gasteiger partial charge in [-0.2, -0.15) is 11.8 Å². The summed E-state index contributed by atoms with van der Waals surface area (Å²) >= 11 is 2.00. The number of hydrogen-bond acceptors (Lipinski definition) is 4. The van der Waals surface area contributed by atoms with Crippen LogP contribution in [-0.2, 0) is 9.53 Å². The Hall–Kier alpha value is -0.260. The maximum absolute atomic E-state index is 10.7. The van der Waals surface area contributed by atoms with Crippen LogP contribution in [0.2, 0.25) is 0 Å². The number of ether oxygens (including phenoxy) is 1. The van der Waals surface area contributed by atoms with E-state index in [9.17, 15) is 4.79 Å². The van der Waals surface area contributed by atoms with Gasteiger partial charge in [0.15, 0.2) is 0 Å². The van der Waals surface area contributed by atoms with Gasteiger partial charge in [0.05, 0.1) is 5.60 Å². The summed E-state index contributed by atoms with van der Waals surface area (Å²) in [4.78, 5) is 13.2. The monoisotopic (exact) mass is 301 g/mol. The lowest BCUT2D eigenvalue weighted by atomic mass is 9.88. The van der Waals surface area contributed by atoms with Gasteiger partial charge >= 0.3 is 5.97 Å². The summed E-state index contributed by atoms with van der Waals surface area (Å²) in [6.07, 6.45) is 4.39. The van der Waals surface area contributed by atoms with E-state index in [2.05, 4.69) is 18.7 Å². The Kier molecular flexibility index (Phi) is 5.75. The summed E-state index contributed by atoms with van der Waals surface area (Å²) in [7, 11) is 0. The first kappa shape index (κ1) is 16.1. The summed E-state index contributed by atoms with van der Waals surface area (Å²) in [5.74, 6) is 1.65. The zero-order valence-corrected chi connectivity index (χ0v) is 13.5. The molecule has 2 aliphatic rings. The molecule has 2 aliphatic heterocycles. The van der Waals surface area contributed by atoms with Crippen LogP contribution in [0.3, 0.4) is 0 Å². The van der Waals surface area contributed by atoms with Crippen LogP contribution in [0, 0.1) is 0 Å². The number of carboxylic acids is 1. The first-order chi connectivity index (χ1) is 9.52. The summed E-state index contributed by atoms with van der Waals surface area (Å²) < 4.78 is 6.09. The summed E-state index contributed by atoms with van der Waals surface area (Å²) in [6, 6.07) is 1.02. The maximum atomic E-state index is 10.7. The lowest BCUT2D eigenvalue weighted by Crippen LogP contribution is -2.51. The van der Waals surface area contributed by atoms with Gasteiger partial charge < -0.3 is 9.84 Å². The Bertz CT molecular complexity index is 329.